The normalized spacial score (nSPS) is 10.9. The first-order chi connectivity index (χ1) is 12.6. The Balaban J connectivity index is 0.00000364. The number of carbonyl (C=O) groups is 1. The van der Waals surface area contributed by atoms with Gasteiger partial charge in [0.05, 0.1) is 0 Å². The van der Waals surface area contributed by atoms with Gasteiger partial charge in [0.2, 0.25) is 5.91 Å². The molecule has 1 amide bonds. The van der Waals surface area contributed by atoms with Crippen LogP contribution in [0.5, 0.6) is 0 Å². The summed E-state index contributed by atoms with van der Waals surface area (Å²) in [5, 5.41) is 6.41. The highest BCUT2D eigenvalue weighted by atomic mass is 127. The molecule has 0 bridgehead atoms. The third-order valence-electron chi connectivity index (χ3n) is 3.85. The number of guanidine groups is 1. The molecule has 1 heterocycles. The van der Waals surface area contributed by atoms with Crippen molar-refractivity contribution in [3.63, 3.8) is 0 Å². The number of nitrogens with zero attached hydrogens (tertiary/aromatic N) is 4. The molecule has 0 spiro atoms. The molecule has 1 aromatic carbocycles. The maximum absolute atomic E-state index is 11.7. The van der Waals surface area contributed by atoms with Gasteiger partial charge in [-0.2, -0.15) is 0 Å². The zero-order valence-electron chi connectivity index (χ0n) is 16.2. The van der Waals surface area contributed by atoms with Gasteiger partial charge in [-0.05, 0) is 12.5 Å². The summed E-state index contributed by atoms with van der Waals surface area (Å²) in [4.78, 5) is 22.0. The minimum absolute atomic E-state index is 0. The molecule has 2 rings (SSSR count). The molecule has 0 saturated carbocycles. The van der Waals surface area contributed by atoms with E-state index < -0.39 is 0 Å². The number of imidazole rings is 1. The fraction of sp³-hybridized carbons (Fsp3) is 0.421. The molecule has 8 heteroatoms. The summed E-state index contributed by atoms with van der Waals surface area (Å²) in [5.74, 6) is 1.63. The zero-order chi connectivity index (χ0) is 18.8. The third kappa shape index (κ3) is 7.98. The van der Waals surface area contributed by atoms with Crippen LogP contribution in [0.3, 0.4) is 0 Å². The van der Waals surface area contributed by atoms with E-state index in [0.717, 1.165) is 25.3 Å². The summed E-state index contributed by atoms with van der Waals surface area (Å²) in [6.07, 6.45) is 4.59. The first-order valence-electron chi connectivity index (χ1n) is 8.86. The summed E-state index contributed by atoms with van der Waals surface area (Å²) in [7, 11) is 3.45. The fourth-order valence-corrected chi connectivity index (χ4v) is 2.41. The van der Waals surface area contributed by atoms with Crippen LogP contribution in [0.25, 0.3) is 0 Å². The summed E-state index contributed by atoms with van der Waals surface area (Å²) in [6, 6.07) is 10.3. The van der Waals surface area contributed by atoms with Crippen molar-refractivity contribution >= 4 is 35.8 Å². The average molecular weight is 484 g/mol. The van der Waals surface area contributed by atoms with Crippen LogP contribution in [0, 0.1) is 0 Å². The van der Waals surface area contributed by atoms with Crippen LogP contribution in [0.1, 0.15) is 18.3 Å². The number of halogens is 1. The van der Waals surface area contributed by atoms with Gasteiger partial charge < -0.3 is 20.1 Å². The van der Waals surface area contributed by atoms with Gasteiger partial charge in [-0.15, -0.1) is 24.0 Å². The van der Waals surface area contributed by atoms with Crippen molar-refractivity contribution in [2.24, 2.45) is 4.99 Å². The van der Waals surface area contributed by atoms with E-state index in [4.69, 9.17) is 0 Å². The Hall–Kier alpha value is -2.10. The Labute approximate surface area is 178 Å². The maximum atomic E-state index is 11.7. The molecule has 1 aromatic heterocycles. The van der Waals surface area contributed by atoms with Crippen molar-refractivity contribution in [1.29, 1.82) is 0 Å². The molecule has 0 aliphatic heterocycles. The standard InChI is InChI=1S/C19H28N6O.HI/c1-4-20-19(23-14-18(26)24(2)3)22-11-10-17-21-12-13-25(17)15-16-8-6-5-7-9-16;/h5-9,12-13H,4,10-11,14-15H2,1-3H3,(H2,20,22,23);1H. The Kier molecular flexibility index (Phi) is 10.5. The van der Waals surface area contributed by atoms with Gasteiger partial charge >= 0.3 is 0 Å². The number of carbonyl (C=O) groups excluding carboxylic acids is 1. The van der Waals surface area contributed by atoms with Crippen molar-refractivity contribution in [2.45, 2.75) is 19.9 Å². The first-order valence-corrected chi connectivity index (χ1v) is 8.86. The van der Waals surface area contributed by atoms with Crippen LogP contribution in [0.2, 0.25) is 0 Å². The summed E-state index contributed by atoms with van der Waals surface area (Å²) < 4.78 is 2.15. The molecule has 0 fully saturated rings. The number of nitrogens with one attached hydrogen (secondary N) is 2. The fourth-order valence-electron chi connectivity index (χ4n) is 2.41. The number of rotatable bonds is 8. The Morgan fingerprint density at radius 3 is 2.63 bits per heavy atom. The average Bonchev–Trinajstić information content (AvgIpc) is 3.07. The zero-order valence-corrected chi connectivity index (χ0v) is 18.5. The van der Waals surface area contributed by atoms with E-state index in [0.29, 0.717) is 12.5 Å². The largest absolute Gasteiger partial charge is 0.357 e. The lowest BCUT2D eigenvalue weighted by Crippen LogP contribution is -2.39. The summed E-state index contributed by atoms with van der Waals surface area (Å²) in [5.41, 5.74) is 1.25. The van der Waals surface area contributed by atoms with Crippen LogP contribution in [0.4, 0.5) is 0 Å². The number of benzene rings is 1. The quantitative estimate of drug-likeness (QED) is 0.340. The molecule has 0 unspecified atom stereocenters. The van der Waals surface area contributed by atoms with Gasteiger partial charge in [-0.1, -0.05) is 30.3 Å². The third-order valence-corrected chi connectivity index (χ3v) is 3.85. The van der Waals surface area contributed by atoms with Crippen LogP contribution < -0.4 is 10.6 Å². The highest BCUT2D eigenvalue weighted by Gasteiger charge is 2.06. The molecule has 0 saturated heterocycles. The molecular weight excluding hydrogens is 455 g/mol. The minimum atomic E-state index is -0.0272. The van der Waals surface area contributed by atoms with Crippen molar-refractivity contribution in [3.8, 4) is 0 Å². The van der Waals surface area contributed by atoms with Gasteiger partial charge in [0.15, 0.2) is 5.96 Å². The molecule has 0 radical (unpaired) electrons. The predicted octanol–water partition coefficient (Wildman–Crippen LogP) is 1.74. The van der Waals surface area contributed by atoms with Crippen molar-refractivity contribution in [2.75, 3.05) is 33.7 Å². The number of aliphatic imine (C=N–C) groups is 1. The molecule has 0 aliphatic rings. The molecule has 7 nitrogen and oxygen atoms in total. The second kappa shape index (κ2) is 12.3. The number of amides is 1. The highest BCUT2D eigenvalue weighted by molar-refractivity contribution is 14.0. The van der Waals surface area contributed by atoms with Gasteiger partial charge in [-0.3, -0.25) is 4.79 Å². The Morgan fingerprint density at radius 1 is 1.22 bits per heavy atom. The predicted molar refractivity (Wildman–Crippen MR) is 120 cm³/mol. The molecule has 2 aromatic rings. The topological polar surface area (TPSA) is 74.6 Å². The molecule has 148 valence electrons. The van der Waals surface area contributed by atoms with E-state index >= 15 is 0 Å². The second-order valence-corrected chi connectivity index (χ2v) is 6.12. The van der Waals surface area contributed by atoms with E-state index in [9.17, 15) is 4.79 Å². The van der Waals surface area contributed by atoms with Crippen LogP contribution in [-0.2, 0) is 17.8 Å². The molecule has 0 atom stereocenters. The molecule has 2 N–H and O–H groups in total. The van der Waals surface area contributed by atoms with Gasteiger partial charge in [0.25, 0.3) is 0 Å². The van der Waals surface area contributed by atoms with E-state index in [2.05, 4.69) is 37.3 Å². The van der Waals surface area contributed by atoms with E-state index in [1.165, 1.54) is 10.5 Å². The van der Waals surface area contributed by atoms with E-state index in [-0.39, 0.29) is 36.4 Å². The van der Waals surface area contributed by atoms with E-state index in [1.54, 1.807) is 14.1 Å². The number of likely N-dealkylation sites (N-methyl/N-ethyl adjacent to an activating group) is 1. The summed E-state index contributed by atoms with van der Waals surface area (Å²) >= 11 is 0. The number of aromatic nitrogens is 2. The first kappa shape index (κ1) is 22.9. The molecular formula is C19H29IN6O. The van der Waals surface area contributed by atoms with E-state index in [1.807, 2.05) is 37.5 Å². The van der Waals surface area contributed by atoms with Crippen LogP contribution in [-0.4, -0.2) is 60.0 Å². The molecule has 0 aliphatic carbocycles. The lowest BCUT2D eigenvalue weighted by molar-refractivity contribution is -0.127. The highest BCUT2D eigenvalue weighted by Crippen LogP contribution is 2.05. The van der Waals surface area contributed by atoms with Crippen molar-refractivity contribution in [1.82, 2.24) is 25.1 Å². The monoisotopic (exact) mass is 484 g/mol. The van der Waals surface area contributed by atoms with Gasteiger partial charge in [-0.25, -0.2) is 9.98 Å². The molecule has 27 heavy (non-hydrogen) atoms. The lowest BCUT2D eigenvalue weighted by Gasteiger charge is -2.13. The van der Waals surface area contributed by atoms with Crippen LogP contribution >= 0.6 is 24.0 Å². The number of hydrogen-bond donors (Lipinski definition) is 2. The minimum Gasteiger partial charge on any atom is -0.357 e. The SMILES string of the molecule is CCNC(=NCC(=O)N(C)C)NCCc1nccn1Cc1ccccc1.I. The van der Waals surface area contributed by atoms with Crippen molar-refractivity contribution in [3.05, 3.63) is 54.1 Å². The summed E-state index contributed by atoms with van der Waals surface area (Å²) in [6.45, 7) is 4.36. The maximum Gasteiger partial charge on any atom is 0.243 e. The van der Waals surface area contributed by atoms with Crippen LogP contribution in [0.15, 0.2) is 47.7 Å². The Bertz CT molecular complexity index is 714. The Morgan fingerprint density at radius 2 is 1.96 bits per heavy atom. The van der Waals surface area contributed by atoms with Gasteiger partial charge in [0, 0.05) is 52.5 Å². The number of hydrogen-bond acceptors (Lipinski definition) is 3. The second-order valence-electron chi connectivity index (χ2n) is 6.12. The lowest BCUT2D eigenvalue weighted by atomic mass is 10.2. The smallest absolute Gasteiger partial charge is 0.243 e. The van der Waals surface area contributed by atoms with Gasteiger partial charge in [0.1, 0.15) is 12.4 Å². The van der Waals surface area contributed by atoms with Crippen molar-refractivity contribution < 1.29 is 4.79 Å².